The molecule has 0 aliphatic carbocycles. The van der Waals surface area contributed by atoms with Crippen LogP contribution in [0.15, 0.2) is 40.9 Å². The fraction of sp³-hybridized carbons (Fsp3) is 0.188. The third-order valence-corrected chi connectivity index (χ3v) is 5.39. The predicted octanol–water partition coefficient (Wildman–Crippen LogP) is 4.86. The lowest BCUT2D eigenvalue weighted by molar-refractivity contribution is -0.137. The standard InChI is InChI=1S/C16H12ClF3N4OS2/c17-11-4-3-9(16(18,19)20)6-12(11)21-14(25)8-27-15-22-13(23-24-15)7-10-2-1-5-26-10/h1-6H,7-8H2,(H,21,25)(H,22,23,24). The molecule has 2 heterocycles. The van der Waals surface area contributed by atoms with E-state index in [0.717, 1.165) is 34.8 Å². The highest BCUT2D eigenvalue weighted by Gasteiger charge is 2.31. The monoisotopic (exact) mass is 432 g/mol. The molecule has 0 radical (unpaired) electrons. The number of alkyl halides is 3. The maximum absolute atomic E-state index is 12.8. The van der Waals surface area contributed by atoms with Gasteiger partial charge in [-0.1, -0.05) is 29.4 Å². The Kier molecular flexibility index (Phi) is 6.08. The minimum absolute atomic E-state index is 0.0254. The Morgan fingerprint density at radius 1 is 1.33 bits per heavy atom. The molecule has 0 spiro atoms. The molecule has 5 nitrogen and oxygen atoms in total. The normalized spacial score (nSPS) is 11.6. The molecule has 0 unspecified atom stereocenters. The van der Waals surface area contributed by atoms with Crippen molar-refractivity contribution in [1.82, 2.24) is 15.2 Å². The number of aromatic nitrogens is 3. The molecule has 142 valence electrons. The number of hydrogen-bond acceptors (Lipinski definition) is 5. The van der Waals surface area contributed by atoms with Crippen molar-refractivity contribution in [3.8, 4) is 0 Å². The van der Waals surface area contributed by atoms with Crippen molar-refractivity contribution in [2.45, 2.75) is 17.8 Å². The van der Waals surface area contributed by atoms with Crippen molar-refractivity contribution in [2.24, 2.45) is 0 Å². The number of H-pyrrole nitrogens is 1. The first kappa shape index (κ1) is 19.7. The maximum Gasteiger partial charge on any atom is 0.416 e. The number of carbonyl (C=O) groups is 1. The number of thioether (sulfide) groups is 1. The van der Waals surface area contributed by atoms with E-state index in [9.17, 15) is 18.0 Å². The molecule has 2 N–H and O–H groups in total. The number of nitrogens with one attached hydrogen (secondary N) is 2. The van der Waals surface area contributed by atoms with E-state index in [1.54, 1.807) is 11.3 Å². The van der Waals surface area contributed by atoms with Crippen molar-refractivity contribution in [3.05, 3.63) is 57.0 Å². The molecule has 1 amide bonds. The Bertz CT molecular complexity index is 928. The van der Waals surface area contributed by atoms with E-state index in [1.807, 2.05) is 17.5 Å². The number of benzene rings is 1. The van der Waals surface area contributed by atoms with Crippen LogP contribution in [0.5, 0.6) is 0 Å². The van der Waals surface area contributed by atoms with Gasteiger partial charge < -0.3 is 5.32 Å². The number of aromatic amines is 1. The lowest BCUT2D eigenvalue weighted by Gasteiger charge is -2.11. The van der Waals surface area contributed by atoms with Crippen LogP contribution in [0.25, 0.3) is 0 Å². The molecule has 0 bridgehead atoms. The lowest BCUT2D eigenvalue weighted by Crippen LogP contribution is -2.15. The fourth-order valence-corrected chi connectivity index (χ4v) is 3.60. The third-order valence-electron chi connectivity index (χ3n) is 3.33. The van der Waals surface area contributed by atoms with Gasteiger partial charge in [0.1, 0.15) is 5.82 Å². The van der Waals surface area contributed by atoms with Gasteiger partial charge in [0.05, 0.1) is 22.0 Å². The molecule has 3 rings (SSSR count). The van der Waals surface area contributed by atoms with Gasteiger partial charge in [0, 0.05) is 11.3 Å². The molecule has 11 heteroatoms. The number of hydrogen-bond donors (Lipinski definition) is 2. The van der Waals surface area contributed by atoms with Gasteiger partial charge in [-0.3, -0.25) is 9.89 Å². The predicted molar refractivity (Wildman–Crippen MR) is 99.3 cm³/mol. The fourth-order valence-electron chi connectivity index (χ4n) is 2.11. The molecular weight excluding hydrogens is 421 g/mol. The zero-order valence-electron chi connectivity index (χ0n) is 13.5. The Morgan fingerprint density at radius 2 is 2.15 bits per heavy atom. The second-order valence-corrected chi connectivity index (χ2v) is 7.73. The van der Waals surface area contributed by atoms with Crippen LogP contribution < -0.4 is 5.32 Å². The number of rotatable bonds is 6. The largest absolute Gasteiger partial charge is 0.416 e. The molecule has 3 aromatic rings. The summed E-state index contributed by atoms with van der Waals surface area (Å²) >= 11 is 8.53. The van der Waals surface area contributed by atoms with Crippen LogP contribution in [0.4, 0.5) is 18.9 Å². The molecule has 0 aliphatic rings. The highest BCUT2D eigenvalue weighted by atomic mass is 35.5. The SMILES string of the molecule is O=C(CSc1n[nH]c(Cc2cccs2)n1)Nc1cc(C(F)(F)F)ccc1Cl. The number of carbonyl (C=O) groups excluding carboxylic acids is 1. The van der Waals surface area contributed by atoms with Crippen molar-refractivity contribution < 1.29 is 18.0 Å². The van der Waals surface area contributed by atoms with Crippen LogP contribution in [-0.2, 0) is 17.4 Å². The van der Waals surface area contributed by atoms with Crippen LogP contribution >= 0.6 is 34.7 Å². The van der Waals surface area contributed by atoms with E-state index in [-0.39, 0.29) is 16.5 Å². The maximum atomic E-state index is 12.8. The Hall–Kier alpha value is -2.04. The summed E-state index contributed by atoms with van der Waals surface area (Å²) in [5, 5.41) is 11.6. The zero-order chi connectivity index (χ0) is 19.4. The van der Waals surface area contributed by atoms with Crippen molar-refractivity contribution in [3.63, 3.8) is 0 Å². The van der Waals surface area contributed by atoms with Crippen LogP contribution in [0.3, 0.4) is 0 Å². The van der Waals surface area contributed by atoms with Crippen LogP contribution in [0.2, 0.25) is 5.02 Å². The third kappa shape index (κ3) is 5.47. The molecule has 2 aromatic heterocycles. The van der Waals surface area contributed by atoms with E-state index in [4.69, 9.17) is 11.6 Å². The molecule has 27 heavy (non-hydrogen) atoms. The smallest absolute Gasteiger partial charge is 0.324 e. The van der Waals surface area contributed by atoms with Gasteiger partial charge in [-0.15, -0.1) is 16.4 Å². The van der Waals surface area contributed by atoms with Gasteiger partial charge in [0.15, 0.2) is 0 Å². The van der Waals surface area contributed by atoms with E-state index >= 15 is 0 Å². The average molecular weight is 433 g/mol. The summed E-state index contributed by atoms with van der Waals surface area (Å²) in [4.78, 5) is 17.4. The van der Waals surface area contributed by atoms with Crippen LogP contribution in [0, 0.1) is 0 Å². The van der Waals surface area contributed by atoms with Gasteiger partial charge in [0.25, 0.3) is 0 Å². The quantitative estimate of drug-likeness (QED) is 0.546. The minimum atomic E-state index is -4.52. The summed E-state index contributed by atoms with van der Waals surface area (Å²) in [7, 11) is 0. The first-order valence-electron chi connectivity index (χ1n) is 7.54. The molecule has 0 fully saturated rings. The van der Waals surface area contributed by atoms with E-state index in [1.165, 1.54) is 0 Å². The van der Waals surface area contributed by atoms with E-state index in [0.29, 0.717) is 17.4 Å². The summed E-state index contributed by atoms with van der Waals surface area (Å²) in [5.41, 5.74) is -0.979. The van der Waals surface area contributed by atoms with Crippen molar-refractivity contribution >= 4 is 46.3 Å². The number of amides is 1. The van der Waals surface area contributed by atoms with Gasteiger partial charge in [-0.2, -0.15) is 13.2 Å². The first-order chi connectivity index (χ1) is 12.8. The Labute approximate surface area is 165 Å². The van der Waals surface area contributed by atoms with Crippen LogP contribution in [-0.4, -0.2) is 26.8 Å². The van der Waals surface area contributed by atoms with Crippen LogP contribution in [0.1, 0.15) is 16.3 Å². The number of nitrogens with zero attached hydrogens (tertiary/aromatic N) is 2. The summed E-state index contributed by atoms with van der Waals surface area (Å²) in [6.45, 7) is 0. The molecule has 0 saturated carbocycles. The molecule has 0 atom stereocenters. The minimum Gasteiger partial charge on any atom is -0.324 e. The zero-order valence-corrected chi connectivity index (χ0v) is 15.9. The highest BCUT2D eigenvalue weighted by molar-refractivity contribution is 7.99. The summed E-state index contributed by atoms with van der Waals surface area (Å²) in [6.07, 6.45) is -3.91. The average Bonchev–Trinajstić information content (AvgIpc) is 3.26. The van der Waals surface area contributed by atoms with E-state index in [2.05, 4.69) is 20.5 Å². The topological polar surface area (TPSA) is 70.7 Å². The molecular formula is C16H12ClF3N4OS2. The van der Waals surface area contributed by atoms with Gasteiger partial charge in [0.2, 0.25) is 11.1 Å². The molecule has 0 aliphatic heterocycles. The summed E-state index contributed by atoms with van der Waals surface area (Å²) in [5.74, 6) is 0.0928. The van der Waals surface area contributed by atoms with Crippen molar-refractivity contribution in [1.29, 1.82) is 0 Å². The van der Waals surface area contributed by atoms with Gasteiger partial charge in [-0.25, -0.2) is 4.98 Å². The number of halogens is 4. The Balaban J connectivity index is 1.56. The Morgan fingerprint density at radius 3 is 2.85 bits per heavy atom. The second kappa shape index (κ2) is 8.32. The second-order valence-electron chi connectivity index (χ2n) is 5.35. The lowest BCUT2D eigenvalue weighted by atomic mass is 10.2. The highest BCUT2D eigenvalue weighted by Crippen LogP contribution is 2.33. The molecule has 1 aromatic carbocycles. The number of anilines is 1. The number of thiophene rings is 1. The van der Waals surface area contributed by atoms with Crippen molar-refractivity contribution in [2.75, 3.05) is 11.1 Å². The summed E-state index contributed by atoms with van der Waals surface area (Å²) < 4.78 is 38.3. The summed E-state index contributed by atoms with van der Waals surface area (Å²) in [6, 6.07) is 6.67. The first-order valence-corrected chi connectivity index (χ1v) is 9.78. The van der Waals surface area contributed by atoms with Gasteiger partial charge in [-0.05, 0) is 29.6 Å². The van der Waals surface area contributed by atoms with E-state index < -0.39 is 17.6 Å². The molecule has 0 saturated heterocycles. The van der Waals surface area contributed by atoms with Gasteiger partial charge >= 0.3 is 6.18 Å².